The van der Waals surface area contributed by atoms with E-state index in [4.69, 9.17) is 9.84 Å². The van der Waals surface area contributed by atoms with Crippen molar-refractivity contribution in [2.24, 2.45) is 0 Å². The van der Waals surface area contributed by atoms with E-state index in [9.17, 15) is 4.79 Å². The second-order valence-corrected chi connectivity index (χ2v) is 8.50. The minimum Gasteiger partial charge on any atom is -0.481 e. The van der Waals surface area contributed by atoms with Crippen LogP contribution in [0.3, 0.4) is 0 Å². The van der Waals surface area contributed by atoms with Crippen LogP contribution in [-0.2, 0) is 24.1 Å². The minimum absolute atomic E-state index is 0.123. The van der Waals surface area contributed by atoms with E-state index in [0.717, 1.165) is 52.2 Å². The standard InChI is InChI=1S/C30H26N2O3/c33-30(34)18-10-22-9-17-29-28(20-22)23(11-12-24-6-4-5-19-31-24)21-32(29)25-13-15-27(16-14-25)35-26-7-2-1-3-8-26/h1-9,13-17,19-21H,10-12,18H2,(H,33,34). The summed E-state index contributed by atoms with van der Waals surface area (Å²) >= 11 is 0. The number of nitrogens with zero attached hydrogens (tertiary/aromatic N) is 2. The summed E-state index contributed by atoms with van der Waals surface area (Å²) in [5.41, 5.74) is 5.43. The van der Waals surface area contributed by atoms with Crippen molar-refractivity contribution in [1.29, 1.82) is 0 Å². The molecule has 5 rings (SSSR count). The number of aromatic nitrogens is 2. The normalized spacial score (nSPS) is 11.0. The molecule has 0 aliphatic rings. The molecule has 0 bridgehead atoms. The van der Waals surface area contributed by atoms with Gasteiger partial charge in [-0.3, -0.25) is 9.78 Å². The largest absolute Gasteiger partial charge is 0.481 e. The molecule has 0 saturated heterocycles. The van der Waals surface area contributed by atoms with Gasteiger partial charge < -0.3 is 14.4 Å². The Morgan fingerprint density at radius 1 is 0.829 bits per heavy atom. The molecule has 5 aromatic rings. The third-order valence-electron chi connectivity index (χ3n) is 6.05. The van der Waals surface area contributed by atoms with Crippen molar-refractivity contribution in [3.05, 3.63) is 120 Å². The van der Waals surface area contributed by atoms with Crippen LogP contribution in [-0.4, -0.2) is 20.6 Å². The zero-order chi connectivity index (χ0) is 24.0. The smallest absolute Gasteiger partial charge is 0.303 e. The molecule has 0 fully saturated rings. The molecule has 3 aromatic carbocycles. The highest BCUT2D eigenvalue weighted by Gasteiger charge is 2.12. The van der Waals surface area contributed by atoms with Gasteiger partial charge in [0.15, 0.2) is 0 Å². The summed E-state index contributed by atoms with van der Waals surface area (Å²) in [4.78, 5) is 15.5. The molecule has 0 aliphatic heterocycles. The Hall–Kier alpha value is -4.38. The summed E-state index contributed by atoms with van der Waals surface area (Å²) in [5.74, 6) is 0.802. The molecular weight excluding hydrogens is 436 g/mol. The molecule has 0 atom stereocenters. The van der Waals surface area contributed by atoms with Crippen LogP contribution in [0, 0.1) is 0 Å². The molecule has 1 N–H and O–H groups in total. The SMILES string of the molecule is O=C(O)CCc1ccc2c(c1)c(CCc1ccccn1)cn2-c1ccc(Oc2ccccc2)cc1. The van der Waals surface area contributed by atoms with E-state index in [2.05, 4.69) is 40.0 Å². The quantitative estimate of drug-likeness (QED) is 0.267. The van der Waals surface area contributed by atoms with E-state index >= 15 is 0 Å². The van der Waals surface area contributed by atoms with Crippen molar-refractivity contribution in [3.63, 3.8) is 0 Å². The second kappa shape index (κ2) is 10.3. The highest BCUT2D eigenvalue weighted by Crippen LogP contribution is 2.29. The van der Waals surface area contributed by atoms with Gasteiger partial charge >= 0.3 is 5.97 Å². The van der Waals surface area contributed by atoms with Gasteiger partial charge in [-0.1, -0.05) is 30.3 Å². The topological polar surface area (TPSA) is 64.3 Å². The average molecular weight is 463 g/mol. The molecule has 35 heavy (non-hydrogen) atoms. The number of ether oxygens (including phenoxy) is 1. The number of hydrogen-bond donors (Lipinski definition) is 1. The summed E-state index contributed by atoms with van der Waals surface area (Å²) in [5, 5.41) is 10.2. The van der Waals surface area contributed by atoms with Gasteiger partial charge in [0.1, 0.15) is 11.5 Å². The van der Waals surface area contributed by atoms with Crippen LogP contribution >= 0.6 is 0 Å². The average Bonchev–Trinajstić information content (AvgIpc) is 3.26. The molecule has 0 unspecified atom stereocenters. The number of fused-ring (bicyclic) bond motifs is 1. The molecule has 0 saturated carbocycles. The maximum Gasteiger partial charge on any atom is 0.303 e. The van der Waals surface area contributed by atoms with Crippen LogP contribution in [0.5, 0.6) is 11.5 Å². The number of aryl methyl sites for hydroxylation is 3. The Bertz CT molecular complexity index is 1430. The zero-order valence-electron chi connectivity index (χ0n) is 19.3. The number of rotatable bonds is 9. The van der Waals surface area contributed by atoms with Crippen LogP contribution in [0.1, 0.15) is 23.2 Å². The predicted octanol–water partition coefficient (Wildman–Crippen LogP) is 6.62. The Kier molecular flexibility index (Phi) is 6.57. The number of benzene rings is 3. The van der Waals surface area contributed by atoms with Crippen molar-refractivity contribution in [1.82, 2.24) is 9.55 Å². The summed E-state index contributed by atoms with van der Waals surface area (Å²) in [6.07, 6.45) is 6.32. The van der Waals surface area contributed by atoms with E-state index in [0.29, 0.717) is 6.42 Å². The minimum atomic E-state index is -0.782. The lowest BCUT2D eigenvalue weighted by Crippen LogP contribution is -1.97. The highest BCUT2D eigenvalue weighted by atomic mass is 16.5. The number of pyridine rings is 1. The van der Waals surface area contributed by atoms with Crippen LogP contribution < -0.4 is 4.74 Å². The van der Waals surface area contributed by atoms with E-state index in [1.165, 1.54) is 5.56 Å². The Balaban J connectivity index is 1.46. The molecule has 2 aromatic heterocycles. The fourth-order valence-electron chi connectivity index (χ4n) is 4.27. The van der Waals surface area contributed by atoms with Crippen LogP contribution in [0.25, 0.3) is 16.6 Å². The number of carboxylic acid groups (broad SMARTS) is 1. The van der Waals surface area contributed by atoms with Gasteiger partial charge in [0.05, 0.1) is 5.52 Å². The first kappa shape index (κ1) is 22.4. The molecule has 5 heteroatoms. The Morgan fingerprint density at radius 3 is 2.34 bits per heavy atom. The van der Waals surface area contributed by atoms with Crippen LogP contribution in [0.4, 0.5) is 0 Å². The zero-order valence-corrected chi connectivity index (χ0v) is 19.3. The number of aliphatic carboxylic acids is 1. The van der Waals surface area contributed by atoms with Crippen LogP contribution in [0.15, 0.2) is 103 Å². The van der Waals surface area contributed by atoms with Gasteiger partial charge in [-0.25, -0.2) is 0 Å². The summed E-state index contributed by atoms with van der Waals surface area (Å²) in [7, 11) is 0. The van der Waals surface area contributed by atoms with Crippen molar-refractivity contribution in [2.75, 3.05) is 0 Å². The molecule has 0 spiro atoms. The van der Waals surface area contributed by atoms with Gasteiger partial charge in [0.25, 0.3) is 0 Å². The molecule has 2 heterocycles. The molecular formula is C30H26N2O3. The molecule has 0 amide bonds. The first-order valence-electron chi connectivity index (χ1n) is 11.7. The van der Waals surface area contributed by atoms with Gasteiger partial charge in [-0.2, -0.15) is 0 Å². The third kappa shape index (κ3) is 5.41. The fourth-order valence-corrected chi connectivity index (χ4v) is 4.27. The third-order valence-corrected chi connectivity index (χ3v) is 6.05. The molecule has 174 valence electrons. The molecule has 0 radical (unpaired) electrons. The fraction of sp³-hybridized carbons (Fsp3) is 0.133. The van der Waals surface area contributed by atoms with Gasteiger partial charge in [0.2, 0.25) is 0 Å². The first-order valence-corrected chi connectivity index (χ1v) is 11.7. The van der Waals surface area contributed by atoms with E-state index in [1.54, 1.807) is 0 Å². The first-order chi connectivity index (χ1) is 17.2. The summed E-state index contributed by atoms with van der Waals surface area (Å²) in [6.45, 7) is 0. The van der Waals surface area contributed by atoms with Crippen molar-refractivity contribution < 1.29 is 14.6 Å². The maximum atomic E-state index is 11.1. The van der Waals surface area contributed by atoms with Gasteiger partial charge in [-0.05, 0) is 91.1 Å². The lowest BCUT2D eigenvalue weighted by Gasteiger charge is -2.09. The van der Waals surface area contributed by atoms with Crippen molar-refractivity contribution in [2.45, 2.75) is 25.7 Å². The maximum absolute atomic E-state index is 11.1. The predicted molar refractivity (Wildman–Crippen MR) is 137 cm³/mol. The van der Waals surface area contributed by atoms with E-state index < -0.39 is 5.97 Å². The highest BCUT2D eigenvalue weighted by molar-refractivity contribution is 5.86. The van der Waals surface area contributed by atoms with E-state index in [-0.39, 0.29) is 6.42 Å². The monoisotopic (exact) mass is 462 g/mol. The second-order valence-electron chi connectivity index (χ2n) is 8.50. The van der Waals surface area contributed by atoms with Crippen molar-refractivity contribution >= 4 is 16.9 Å². The number of carboxylic acids is 1. The van der Waals surface area contributed by atoms with Gasteiger partial charge in [0, 0.05) is 35.6 Å². The van der Waals surface area contributed by atoms with Gasteiger partial charge in [-0.15, -0.1) is 0 Å². The Labute approximate surface area is 204 Å². The lowest BCUT2D eigenvalue weighted by atomic mass is 10.0. The summed E-state index contributed by atoms with van der Waals surface area (Å²) < 4.78 is 8.14. The number of hydrogen-bond acceptors (Lipinski definition) is 3. The number of para-hydroxylation sites is 1. The molecule has 5 nitrogen and oxygen atoms in total. The number of carbonyl (C=O) groups is 1. The molecule has 0 aliphatic carbocycles. The van der Waals surface area contributed by atoms with Crippen LogP contribution in [0.2, 0.25) is 0 Å². The summed E-state index contributed by atoms with van der Waals surface area (Å²) in [6, 6.07) is 30.0. The van der Waals surface area contributed by atoms with E-state index in [1.807, 2.05) is 72.9 Å². The Morgan fingerprint density at radius 2 is 1.60 bits per heavy atom. The lowest BCUT2D eigenvalue weighted by molar-refractivity contribution is -0.136. The van der Waals surface area contributed by atoms with Crippen molar-refractivity contribution in [3.8, 4) is 17.2 Å².